The van der Waals surface area contributed by atoms with Crippen LogP contribution in [0, 0.1) is 0 Å². The monoisotopic (exact) mass is 402 g/mol. The van der Waals surface area contributed by atoms with E-state index in [-0.39, 0.29) is 11.3 Å². The molecule has 2 atom stereocenters. The number of hydrogen-bond donors (Lipinski definition) is 5. The minimum Gasteiger partial charge on any atom is -0.504 e. The summed E-state index contributed by atoms with van der Waals surface area (Å²) in [7, 11) is 0. The summed E-state index contributed by atoms with van der Waals surface area (Å²) in [6.45, 7) is 0. The van der Waals surface area contributed by atoms with Crippen LogP contribution in [0.2, 0.25) is 0 Å². The molecule has 9 heteroatoms. The summed E-state index contributed by atoms with van der Waals surface area (Å²) in [4.78, 5) is 35.2. The van der Waals surface area contributed by atoms with Gasteiger partial charge < -0.3 is 30.3 Å². The third kappa shape index (κ3) is 5.33. The number of carbonyl (C=O) groups excluding carboxylic acids is 1. The van der Waals surface area contributed by atoms with E-state index in [1.807, 2.05) is 0 Å². The summed E-state index contributed by atoms with van der Waals surface area (Å²) in [6.07, 6.45) is -1.04. The summed E-state index contributed by atoms with van der Waals surface area (Å²) in [6, 6.07) is 11.5. The highest BCUT2D eigenvalue weighted by atomic mass is 16.6. The number of rotatable bonds is 8. The lowest BCUT2D eigenvalue weighted by atomic mass is 9.88. The average Bonchev–Trinajstić information content (AvgIpc) is 2.67. The number of ether oxygens (including phenoxy) is 1. The summed E-state index contributed by atoms with van der Waals surface area (Å²) >= 11 is 0. The summed E-state index contributed by atoms with van der Waals surface area (Å²) in [5.74, 6) is -5.74. The smallest absolute Gasteiger partial charge is 0.348 e. The van der Waals surface area contributed by atoms with Crippen molar-refractivity contribution < 1.29 is 44.7 Å². The van der Waals surface area contributed by atoms with Crippen molar-refractivity contribution in [3.8, 4) is 11.5 Å². The SMILES string of the molecule is O=C(C=Cc1ccc(O)c(O)c1)OC(C(=O)O)C(O)(Cc1ccccc1)C(=O)O. The lowest BCUT2D eigenvalue weighted by molar-refractivity contribution is -0.192. The molecule has 9 nitrogen and oxygen atoms in total. The lowest BCUT2D eigenvalue weighted by Gasteiger charge is -2.29. The largest absolute Gasteiger partial charge is 0.504 e. The highest BCUT2D eigenvalue weighted by Crippen LogP contribution is 2.26. The number of aromatic hydroxyl groups is 2. The average molecular weight is 402 g/mol. The van der Waals surface area contributed by atoms with Gasteiger partial charge in [0.25, 0.3) is 0 Å². The van der Waals surface area contributed by atoms with Gasteiger partial charge in [-0.2, -0.15) is 0 Å². The van der Waals surface area contributed by atoms with Crippen LogP contribution in [0.5, 0.6) is 11.5 Å². The molecule has 29 heavy (non-hydrogen) atoms. The first-order valence-electron chi connectivity index (χ1n) is 8.26. The Hall–Kier alpha value is -3.85. The first-order chi connectivity index (χ1) is 13.6. The van der Waals surface area contributed by atoms with Gasteiger partial charge in [0.15, 0.2) is 11.5 Å². The number of phenols is 2. The molecule has 2 unspecified atom stereocenters. The summed E-state index contributed by atoms with van der Waals surface area (Å²) < 4.78 is 4.72. The van der Waals surface area contributed by atoms with Crippen molar-refractivity contribution in [1.82, 2.24) is 0 Å². The van der Waals surface area contributed by atoms with Crippen LogP contribution < -0.4 is 0 Å². The van der Waals surface area contributed by atoms with E-state index in [4.69, 9.17) is 4.74 Å². The van der Waals surface area contributed by atoms with E-state index in [0.29, 0.717) is 5.56 Å². The Bertz CT molecular complexity index is 936. The molecule has 2 aromatic carbocycles. The third-order valence-electron chi connectivity index (χ3n) is 3.99. The number of carbonyl (C=O) groups is 3. The quantitative estimate of drug-likeness (QED) is 0.248. The molecule has 0 spiro atoms. The Kier molecular flexibility index (Phi) is 6.58. The molecular weight excluding hydrogens is 384 g/mol. The number of aliphatic hydroxyl groups is 1. The van der Waals surface area contributed by atoms with Gasteiger partial charge in [-0.3, -0.25) is 0 Å². The Morgan fingerprint density at radius 3 is 2.21 bits per heavy atom. The third-order valence-corrected chi connectivity index (χ3v) is 3.99. The molecule has 0 aromatic heterocycles. The highest BCUT2D eigenvalue weighted by molar-refractivity contribution is 5.93. The van der Waals surface area contributed by atoms with Gasteiger partial charge in [0.1, 0.15) is 0 Å². The first kappa shape index (κ1) is 21.5. The topological polar surface area (TPSA) is 162 Å². The molecule has 0 aliphatic heterocycles. The van der Waals surface area contributed by atoms with Crippen molar-refractivity contribution in [3.05, 3.63) is 65.7 Å². The molecule has 2 aromatic rings. The summed E-state index contributed by atoms with van der Waals surface area (Å²) in [5.41, 5.74) is -2.30. The van der Waals surface area contributed by atoms with Gasteiger partial charge in [-0.1, -0.05) is 36.4 Å². The minimum absolute atomic E-state index is 0.280. The van der Waals surface area contributed by atoms with Crippen LogP contribution in [0.15, 0.2) is 54.6 Å². The zero-order chi connectivity index (χ0) is 21.6. The number of hydrogen-bond acceptors (Lipinski definition) is 7. The first-order valence-corrected chi connectivity index (χ1v) is 8.26. The Labute approximate surface area is 164 Å². The lowest BCUT2D eigenvalue weighted by Crippen LogP contribution is -2.56. The Balaban J connectivity index is 2.22. The zero-order valence-corrected chi connectivity index (χ0v) is 14.9. The highest BCUT2D eigenvalue weighted by Gasteiger charge is 2.51. The molecular formula is C20H18O9. The second-order valence-corrected chi connectivity index (χ2v) is 6.13. The van der Waals surface area contributed by atoms with Gasteiger partial charge in [-0.05, 0) is 29.3 Å². The van der Waals surface area contributed by atoms with Gasteiger partial charge in [0.05, 0.1) is 0 Å². The molecule has 0 saturated carbocycles. The number of benzene rings is 2. The van der Waals surface area contributed by atoms with Gasteiger partial charge in [-0.25, -0.2) is 14.4 Å². The van der Waals surface area contributed by atoms with Crippen molar-refractivity contribution in [3.63, 3.8) is 0 Å². The van der Waals surface area contributed by atoms with E-state index >= 15 is 0 Å². The van der Waals surface area contributed by atoms with Crippen LogP contribution in [0.1, 0.15) is 11.1 Å². The fourth-order valence-electron chi connectivity index (χ4n) is 2.50. The molecule has 0 aliphatic carbocycles. The predicted octanol–water partition coefficient (Wildman–Crippen LogP) is 1.17. The van der Waals surface area contributed by atoms with E-state index < -0.39 is 41.8 Å². The van der Waals surface area contributed by atoms with Crippen LogP contribution in [-0.4, -0.2) is 55.1 Å². The molecule has 0 bridgehead atoms. The molecule has 0 fully saturated rings. The van der Waals surface area contributed by atoms with Crippen molar-refractivity contribution in [2.24, 2.45) is 0 Å². The second kappa shape index (κ2) is 8.89. The van der Waals surface area contributed by atoms with Crippen molar-refractivity contribution in [1.29, 1.82) is 0 Å². The van der Waals surface area contributed by atoms with Gasteiger partial charge >= 0.3 is 17.9 Å². The van der Waals surface area contributed by atoms with Crippen LogP contribution in [-0.2, 0) is 25.5 Å². The fraction of sp³-hybridized carbons (Fsp3) is 0.150. The maximum Gasteiger partial charge on any atom is 0.348 e. The standard InChI is InChI=1S/C20H18O9/c21-14-8-6-12(10-15(14)22)7-9-16(23)29-17(18(24)25)20(28,19(26)27)11-13-4-2-1-3-5-13/h1-10,17,21-22,28H,11H2,(H,24,25)(H,26,27). The van der Waals surface area contributed by atoms with Gasteiger partial charge in [-0.15, -0.1) is 0 Å². The fourth-order valence-corrected chi connectivity index (χ4v) is 2.50. The number of phenolic OH excluding ortho intramolecular Hbond substituents is 2. The Morgan fingerprint density at radius 2 is 1.66 bits per heavy atom. The molecule has 2 rings (SSSR count). The van der Waals surface area contributed by atoms with Crippen molar-refractivity contribution in [2.45, 2.75) is 18.1 Å². The molecule has 152 valence electrons. The molecule has 0 radical (unpaired) electrons. The van der Waals surface area contributed by atoms with Crippen LogP contribution >= 0.6 is 0 Å². The van der Waals surface area contributed by atoms with Crippen LogP contribution in [0.3, 0.4) is 0 Å². The van der Waals surface area contributed by atoms with E-state index in [1.54, 1.807) is 18.2 Å². The summed E-state index contributed by atoms with van der Waals surface area (Å²) in [5, 5.41) is 48.0. The molecule has 0 heterocycles. The van der Waals surface area contributed by atoms with Crippen molar-refractivity contribution in [2.75, 3.05) is 0 Å². The van der Waals surface area contributed by atoms with Crippen LogP contribution in [0.4, 0.5) is 0 Å². The predicted molar refractivity (Wildman–Crippen MR) is 99.1 cm³/mol. The number of carboxylic acid groups (broad SMARTS) is 2. The van der Waals surface area contributed by atoms with Gasteiger partial charge in [0, 0.05) is 12.5 Å². The van der Waals surface area contributed by atoms with Gasteiger partial charge in [0.2, 0.25) is 11.7 Å². The van der Waals surface area contributed by atoms with E-state index in [0.717, 1.165) is 18.2 Å². The van der Waals surface area contributed by atoms with Crippen LogP contribution in [0.25, 0.3) is 6.08 Å². The molecule has 0 aliphatic rings. The second-order valence-electron chi connectivity index (χ2n) is 6.13. The molecule has 5 N–H and O–H groups in total. The Morgan fingerprint density at radius 1 is 1.00 bits per heavy atom. The zero-order valence-electron chi connectivity index (χ0n) is 14.9. The maximum absolute atomic E-state index is 12.0. The number of aliphatic carboxylic acids is 2. The number of esters is 1. The molecule has 0 saturated heterocycles. The van der Waals surface area contributed by atoms with E-state index in [9.17, 15) is 39.9 Å². The number of carboxylic acids is 2. The van der Waals surface area contributed by atoms with Crippen molar-refractivity contribution >= 4 is 24.0 Å². The normalized spacial score (nSPS) is 14.1. The minimum atomic E-state index is -2.91. The van der Waals surface area contributed by atoms with E-state index in [2.05, 4.69) is 0 Å². The van der Waals surface area contributed by atoms with E-state index in [1.165, 1.54) is 24.3 Å². The maximum atomic E-state index is 12.0. The molecule has 0 amide bonds.